The average molecular weight is 286 g/mol. The molecule has 1 rings (SSSR count). The SMILES string of the molecule is C=CC(C)(CNC(C)C)Cc1cccc(Cl)c1Cl. The third kappa shape index (κ3) is 4.31. The highest BCUT2D eigenvalue weighted by Crippen LogP contribution is 2.31. The van der Waals surface area contributed by atoms with E-state index in [0.29, 0.717) is 16.1 Å². The summed E-state index contributed by atoms with van der Waals surface area (Å²) in [7, 11) is 0. The summed E-state index contributed by atoms with van der Waals surface area (Å²) in [5, 5.41) is 4.70. The van der Waals surface area contributed by atoms with Gasteiger partial charge in [-0.1, -0.05) is 62.2 Å². The third-order valence-corrected chi connectivity index (χ3v) is 3.89. The Bertz CT molecular complexity index is 415. The fourth-order valence-corrected chi connectivity index (χ4v) is 2.15. The predicted molar refractivity (Wildman–Crippen MR) is 81.6 cm³/mol. The van der Waals surface area contributed by atoms with Crippen molar-refractivity contribution in [2.24, 2.45) is 5.41 Å². The molecule has 0 aromatic heterocycles. The lowest BCUT2D eigenvalue weighted by Crippen LogP contribution is -2.35. The summed E-state index contributed by atoms with van der Waals surface area (Å²) in [5.41, 5.74) is 1.04. The van der Waals surface area contributed by atoms with Crippen LogP contribution < -0.4 is 5.32 Å². The van der Waals surface area contributed by atoms with Crippen LogP contribution in [0.2, 0.25) is 10.0 Å². The Morgan fingerprint density at radius 3 is 2.61 bits per heavy atom. The van der Waals surface area contributed by atoms with Crippen molar-refractivity contribution in [2.75, 3.05) is 6.54 Å². The lowest BCUT2D eigenvalue weighted by Gasteiger charge is -2.28. The molecular formula is C15H21Cl2N. The Morgan fingerprint density at radius 1 is 1.39 bits per heavy atom. The molecule has 0 spiro atoms. The first kappa shape index (κ1) is 15.6. The molecule has 0 saturated heterocycles. The molecule has 1 N–H and O–H groups in total. The van der Waals surface area contributed by atoms with Gasteiger partial charge < -0.3 is 5.32 Å². The molecule has 0 heterocycles. The molecule has 1 atom stereocenters. The molecule has 18 heavy (non-hydrogen) atoms. The van der Waals surface area contributed by atoms with Crippen LogP contribution in [0.5, 0.6) is 0 Å². The lowest BCUT2D eigenvalue weighted by atomic mass is 9.83. The van der Waals surface area contributed by atoms with Gasteiger partial charge in [-0.05, 0) is 18.1 Å². The van der Waals surface area contributed by atoms with Crippen molar-refractivity contribution in [3.8, 4) is 0 Å². The minimum atomic E-state index is -0.0292. The van der Waals surface area contributed by atoms with Gasteiger partial charge in [0.25, 0.3) is 0 Å². The summed E-state index contributed by atoms with van der Waals surface area (Å²) in [4.78, 5) is 0. The molecule has 0 bridgehead atoms. The van der Waals surface area contributed by atoms with Gasteiger partial charge in [-0.2, -0.15) is 0 Å². The average Bonchev–Trinajstić information content (AvgIpc) is 2.33. The number of rotatable bonds is 6. The quantitative estimate of drug-likeness (QED) is 0.746. The van der Waals surface area contributed by atoms with Crippen LogP contribution in [-0.2, 0) is 6.42 Å². The van der Waals surface area contributed by atoms with Gasteiger partial charge >= 0.3 is 0 Å². The summed E-state index contributed by atoms with van der Waals surface area (Å²) < 4.78 is 0. The van der Waals surface area contributed by atoms with E-state index < -0.39 is 0 Å². The van der Waals surface area contributed by atoms with E-state index in [1.54, 1.807) is 0 Å². The predicted octanol–water partition coefficient (Wildman–Crippen LogP) is 4.73. The van der Waals surface area contributed by atoms with Crippen molar-refractivity contribution in [2.45, 2.75) is 33.2 Å². The molecule has 0 fully saturated rings. The van der Waals surface area contributed by atoms with Crippen LogP contribution in [0.3, 0.4) is 0 Å². The lowest BCUT2D eigenvalue weighted by molar-refractivity contribution is 0.373. The highest BCUT2D eigenvalue weighted by atomic mass is 35.5. The van der Waals surface area contributed by atoms with Crippen LogP contribution in [0.1, 0.15) is 26.3 Å². The van der Waals surface area contributed by atoms with E-state index >= 15 is 0 Å². The summed E-state index contributed by atoms with van der Waals surface area (Å²) in [6, 6.07) is 6.22. The number of benzene rings is 1. The molecule has 3 heteroatoms. The molecule has 1 aromatic rings. The van der Waals surface area contributed by atoms with Gasteiger partial charge in [0, 0.05) is 18.0 Å². The minimum Gasteiger partial charge on any atom is -0.314 e. The van der Waals surface area contributed by atoms with Crippen molar-refractivity contribution in [1.29, 1.82) is 0 Å². The van der Waals surface area contributed by atoms with Gasteiger partial charge in [0.15, 0.2) is 0 Å². The number of hydrogen-bond acceptors (Lipinski definition) is 1. The van der Waals surface area contributed by atoms with Gasteiger partial charge in [0.2, 0.25) is 0 Å². The van der Waals surface area contributed by atoms with Crippen LogP contribution in [0.4, 0.5) is 0 Å². The Labute approximate surface area is 120 Å². The van der Waals surface area contributed by atoms with E-state index in [4.69, 9.17) is 23.2 Å². The van der Waals surface area contributed by atoms with Gasteiger partial charge in [-0.15, -0.1) is 6.58 Å². The van der Waals surface area contributed by atoms with E-state index in [2.05, 4.69) is 32.7 Å². The van der Waals surface area contributed by atoms with E-state index in [-0.39, 0.29) is 5.41 Å². The Hall–Kier alpha value is -0.500. The second-order valence-corrected chi connectivity index (χ2v) is 6.07. The van der Waals surface area contributed by atoms with Gasteiger partial charge in [-0.3, -0.25) is 0 Å². The molecule has 1 unspecified atom stereocenters. The van der Waals surface area contributed by atoms with Crippen LogP contribution in [0.25, 0.3) is 0 Å². The van der Waals surface area contributed by atoms with Crippen LogP contribution in [0, 0.1) is 5.41 Å². The third-order valence-electron chi connectivity index (χ3n) is 3.03. The fourth-order valence-electron chi connectivity index (χ4n) is 1.76. The summed E-state index contributed by atoms with van der Waals surface area (Å²) >= 11 is 12.3. The van der Waals surface area contributed by atoms with E-state index in [9.17, 15) is 0 Å². The minimum absolute atomic E-state index is 0.0292. The normalized spacial score (nSPS) is 14.6. The molecule has 0 aliphatic rings. The summed E-state index contributed by atoms with van der Waals surface area (Å²) in [6.45, 7) is 11.3. The topological polar surface area (TPSA) is 12.0 Å². The molecule has 1 aromatic carbocycles. The first-order valence-corrected chi connectivity index (χ1v) is 6.93. The zero-order chi connectivity index (χ0) is 13.8. The van der Waals surface area contributed by atoms with Gasteiger partial charge in [-0.25, -0.2) is 0 Å². The van der Waals surface area contributed by atoms with Crippen LogP contribution in [0.15, 0.2) is 30.9 Å². The second kappa shape index (κ2) is 6.60. The molecular weight excluding hydrogens is 265 g/mol. The van der Waals surface area contributed by atoms with Gasteiger partial charge in [0.1, 0.15) is 0 Å². The fraction of sp³-hybridized carbons (Fsp3) is 0.467. The zero-order valence-corrected chi connectivity index (χ0v) is 12.8. The van der Waals surface area contributed by atoms with Crippen molar-refractivity contribution >= 4 is 23.2 Å². The standard InChI is InChI=1S/C15H21Cl2N/c1-5-15(4,10-18-11(2)3)9-12-7-6-8-13(16)14(12)17/h5-8,11,18H,1,9-10H2,2-4H3. The van der Waals surface area contributed by atoms with E-state index in [1.165, 1.54) is 0 Å². The number of nitrogens with one attached hydrogen (secondary N) is 1. The first-order chi connectivity index (χ1) is 8.38. The maximum atomic E-state index is 6.23. The molecule has 100 valence electrons. The molecule has 0 amide bonds. The smallest absolute Gasteiger partial charge is 0.0624 e. The molecule has 0 radical (unpaired) electrons. The van der Waals surface area contributed by atoms with Crippen LogP contribution in [-0.4, -0.2) is 12.6 Å². The maximum absolute atomic E-state index is 6.23. The largest absolute Gasteiger partial charge is 0.314 e. The zero-order valence-electron chi connectivity index (χ0n) is 11.3. The number of hydrogen-bond donors (Lipinski definition) is 1. The Kier molecular flexibility index (Phi) is 5.71. The van der Waals surface area contributed by atoms with Gasteiger partial charge in [0.05, 0.1) is 10.0 Å². The molecule has 1 nitrogen and oxygen atoms in total. The second-order valence-electron chi connectivity index (χ2n) is 5.28. The summed E-state index contributed by atoms with van der Waals surface area (Å²) in [5.74, 6) is 0. The number of halogens is 2. The monoisotopic (exact) mass is 285 g/mol. The highest BCUT2D eigenvalue weighted by molar-refractivity contribution is 6.42. The van der Waals surface area contributed by atoms with Crippen molar-refractivity contribution < 1.29 is 0 Å². The Balaban J connectivity index is 2.84. The van der Waals surface area contributed by atoms with Crippen molar-refractivity contribution in [1.82, 2.24) is 5.32 Å². The van der Waals surface area contributed by atoms with Crippen molar-refractivity contribution in [3.63, 3.8) is 0 Å². The summed E-state index contributed by atoms with van der Waals surface area (Å²) in [6.07, 6.45) is 2.81. The highest BCUT2D eigenvalue weighted by Gasteiger charge is 2.22. The van der Waals surface area contributed by atoms with E-state index in [0.717, 1.165) is 18.5 Å². The van der Waals surface area contributed by atoms with Crippen molar-refractivity contribution in [3.05, 3.63) is 46.5 Å². The maximum Gasteiger partial charge on any atom is 0.0624 e. The molecule has 0 saturated carbocycles. The first-order valence-electron chi connectivity index (χ1n) is 6.18. The molecule has 0 aliphatic heterocycles. The molecule has 0 aliphatic carbocycles. The van der Waals surface area contributed by atoms with Crippen LogP contribution >= 0.6 is 23.2 Å². The Morgan fingerprint density at radius 2 is 2.06 bits per heavy atom. The van der Waals surface area contributed by atoms with E-state index in [1.807, 2.05) is 24.3 Å².